The van der Waals surface area contributed by atoms with Gasteiger partial charge in [-0.15, -0.1) is 0 Å². The van der Waals surface area contributed by atoms with Crippen molar-refractivity contribution in [2.75, 3.05) is 23.3 Å². The molecule has 1 fully saturated rings. The van der Waals surface area contributed by atoms with Gasteiger partial charge in [0, 0.05) is 37.6 Å². The highest BCUT2D eigenvalue weighted by Crippen LogP contribution is 2.36. The van der Waals surface area contributed by atoms with Crippen molar-refractivity contribution in [1.29, 1.82) is 0 Å². The zero-order chi connectivity index (χ0) is 22.5. The van der Waals surface area contributed by atoms with Gasteiger partial charge in [0.25, 0.3) is 0 Å². The highest BCUT2D eigenvalue weighted by Gasteiger charge is 2.23. The lowest BCUT2D eigenvalue weighted by atomic mass is 10.1. The fraction of sp³-hybridized carbons (Fsp3) is 0.250. The number of aromatic nitrogens is 2. The Hall–Kier alpha value is -3.32. The number of pyridine rings is 2. The summed E-state index contributed by atoms with van der Waals surface area (Å²) in [5, 5.41) is 7.11. The van der Waals surface area contributed by atoms with Gasteiger partial charge < -0.3 is 20.3 Å². The molecule has 1 aliphatic heterocycles. The molecule has 0 amide bonds. The molecule has 32 heavy (non-hydrogen) atoms. The Morgan fingerprint density at radius 2 is 2.03 bits per heavy atom. The highest BCUT2D eigenvalue weighted by atomic mass is 35.5. The van der Waals surface area contributed by atoms with Crippen molar-refractivity contribution in [3.8, 4) is 11.5 Å². The fourth-order valence-electron chi connectivity index (χ4n) is 3.65. The maximum atomic E-state index is 13.5. The lowest BCUT2D eigenvalue weighted by Crippen LogP contribution is -2.43. The van der Waals surface area contributed by atoms with Crippen molar-refractivity contribution in [3.05, 3.63) is 83.8 Å². The fourth-order valence-corrected chi connectivity index (χ4v) is 3.92. The van der Waals surface area contributed by atoms with Gasteiger partial charge in [0.05, 0.1) is 17.7 Å². The van der Waals surface area contributed by atoms with Crippen molar-refractivity contribution in [2.45, 2.75) is 25.8 Å². The second kappa shape index (κ2) is 9.87. The second-order valence-corrected chi connectivity index (χ2v) is 8.09. The molecule has 0 aliphatic carbocycles. The molecule has 3 aromatic rings. The van der Waals surface area contributed by atoms with Gasteiger partial charge in [-0.1, -0.05) is 18.2 Å². The Balaban J connectivity index is 1.35. The van der Waals surface area contributed by atoms with Crippen LogP contribution >= 0.6 is 11.6 Å². The summed E-state index contributed by atoms with van der Waals surface area (Å²) in [6.45, 7) is 7.35. The number of anilines is 2. The Bertz CT molecular complexity index is 1090. The van der Waals surface area contributed by atoms with Crippen LogP contribution in [-0.4, -0.2) is 29.1 Å². The van der Waals surface area contributed by atoms with Gasteiger partial charge in [0.2, 0.25) is 0 Å². The third-order valence-corrected chi connectivity index (χ3v) is 5.68. The summed E-state index contributed by atoms with van der Waals surface area (Å²) in [5.74, 6) is 2.20. The van der Waals surface area contributed by atoms with E-state index in [1.807, 2.05) is 12.1 Å². The number of piperidine rings is 1. The number of benzene rings is 1. The quantitative estimate of drug-likeness (QED) is 0.491. The van der Waals surface area contributed by atoms with Gasteiger partial charge in [0.1, 0.15) is 16.6 Å². The Labute approximate surface area is 192 Å². The number of hydrogen-bond acceptors (Lipinski definition) is 6. The third-order valence-electron chi connectivity index (χ3n) is 5.32. The molecule has 6 nitrogen and oxygen atoms in total. The lowest BCUT2D eigenvalue weighted by Gasteiger charge is -2.34. The first-order valence-corrected chi connectivity index (χ1v) is 10.8. The van der Waals surface area contributed by atoms with Crippen molar-refractivity contribution < 1.29 is 9.13 Å². The zero-order valence-corrected chi connectivity index (χ0v) is 18.6. The number of rotatable bonds is 7. The van der Waals surface area contributed by atoms with E-state index in [0.29, 0.717) is 33.9 Å². The van der Waals surface area contributed by atoms with Gasteiger partial charge in [-0.25, -0.2) is 9.37 Å². The van der Waals surface area contributed by atoms with Gasteiger partial charge in [-0.2, -0.15) is 0 Å². The van der Waals surface area contributed by atoms with Gasteiger partial charge >= 0.3 is 0 Å². The number of hydrogen-bond donors (Lipinski definition) is 2. The summed E-state index contributed by atoms with van der Waals surface area (Å²) in [6, 6.07) is 10.4. The van der Waals surface area contributed by atoms with Crippen molar-refractivity contribution in [2.24, 2.45) is 0 Å². The molecule has 0 atom stereocenters. The van der Waals surface area contributed by atoms with Gasteiger partial charge in [-0.05, 0) is 55.7 Å². The molecule has 2 aromatic heterocycles. The third kappa shape index (κ3) is 5.29. The van der Waals surface area contributed by atoms with Crippen molar-refractivity contribution >= 4 is 23.1 Å². The monoisotopic (exact) mass is 453 g/mol. The number of ether oxygens (including phenoxy) is 1. The largest absolute Gasteiger partial charge is 0.456 e. The van der Waals surface area contributed by atoms with Crippen LogP contribution in [0.25, 0.3) is 0 Å². The van der Waals surface area contributed by atoms with E-state index in [1.165, 1.54) is 6.07 Å². The molecule has 1 saturated heterocycles. The first-order valence-electron chi connectivity index (χ1n) is 10.5. The van der Waals surface area contributed by atoms with E-state index in [2.05, 4.69) is 32.1 Å². The van der Waals surface area contributed by atoms with Crippen LogP contribution in [0.4, 0.5) is 15.9 Å². The van der Waals surface area contributed by atoms with Crippen LogP contribution in [-0.2, 0) is 0 Å². The molecule has 0 bridgehead atoms. The summed E-state index contributed by atoms with van der Waals surface area (Å²) < 4.78 is 19.4. The molecule has 8 heteroatoms. The van der Waals surface area contributed by atoms with Crippen LogP contribution in [0.2, 0.25) is 5.02 Å². The van der Waals surface area contributed by atoms with E-state index >= 15 is 0 Å². The van der Waals surface area contributed by atoms with E-state index in [9.17, 15) is 4.39 Å². The summed E-state index contributed by atoms with van der Waals surface area (Å²) in [4.78, 5) is 10.7. The van der Waals surface area contributed by atoms with Crippen LogP contribution in [0.5, 0.6) is 11.5 Å². The number of aryl methyl sites for hydroxylation is 1. The standard InChI is InChI=1S/C24H25ClFN5O/c1-16-14-20(5-6-21(16)26)32-22-7-11-28-24(23(22)25)31-12-8-18(9-13-31)29-17(2)30-19-4-3-10-27-15-19/h3-7,10-11,14-15,18,29-30H,2,8-9,12-13H2,1H3. The molecule has 0 saturated carbocycles. The van der Waals surface area contributed by atoms with E-state index in [4.69, 9.17) is 16.3 Å². The van der Waals surface area contributed by atoms with E-state index < -0.39 is 0 Å². The molecular formula is C24H25ClFN5O. The number of nitrogens with one attached hydrogen (secondary N) is 2. The first kappa shape index (κ1) is 21.9. The number of halogens is 2. The molecule has 4 rings (SSSR count). The summed E-state index contributed by atoms with van der Waals surface area (Å²) >= 11 is 6.63. The Kier molecular flexibility index (Phi) is 6.75. The van der Waals surface area contributed by atoms with Crippen molar-refractivity contribution in [1.82, 2.24) is 15.3 Å². The summed E-state index contributed by atoms with van der Waals surface area (Å²) in [7, 11) is 0. The molecule has 166 valence electrons. The minimum Gasteiger partial charge on any atom is -0.456 e. The predicted octanol–water partition coefficient (Wildman–Crippen LogP) is 5.51. The average Bonchev–Trinajstić information content (AvgIpc) is 2.79. The summed E-state index contributed by atoms with van der Waals surface area (Å²) in [6.07, 6.45) is 6.99. The van der Waals surface area contributed by atoms with Crippen LogP contribution in [0, 0.1) is 12.7 Å². The van der Waals surface area contributed by atoms with Crippen LogP contribution < -0.4 is 20.3 Å². The minimum atomic E-state index is -0.270. The Morgan fingerprint density at radius 3 is 2.75 bits per heavy atom. The zero-order valence-electron chi connectivity index (χ0n) is 17.8. The molecule has 2 N–H and O–H groups in total. The highest BCUT2D eigenvalue weighted by molar-refractivity contribution is 6.34. The minimum absolute atomic E-state index is 0.270. The maximum Gasteiger partial charge on any atom is 0.151 e. The van der Waals surface area contributed by atoms with E-state index in [1.54, 1.807) is 43.7 Å². The average molecular weight is 454 g/mol. The smallest absolute Gasteiger partial charge is 0.151 e. The normalized spacial score (nSPS) is 14.2. The molecule has 0 unspecified atom stereocenters. The molecule has 0 radical (unpaired) electrons. The second-order valence-electron chi connectivity index (χ2n) is 7.71. The van der Waals surface area contributed by atoms with Crippen LogP contribution in [0.1, 0.15) is 18.4 Å². The topological polar surface area (TPSA) is 62.3 Å². The predicted molar refractivity (Wildman–Crippen MR) is 126 cm³/mol. The van der Waals surface area contributed by atoms with Crippen molar-refractivity contribution in [3.63, 3.8) is 0 Å². The lowest BCUT2D eigenvalue weighted by molar-refractivity contribution is 0.443. The van der Waals surface area contributed by atoms with Gasteiger partial charge in [-0.3, -0.25) is 4.98 Å². The molecular weight excluding hydrogens is 429 g/mol. The molecule has 0 spiro atoms. The van der Waals surface area contributed by atoms with E-state index in [-0.39, 0.29) is 5.82 Å². The Morgan fingerprint density at radius 1 is 1.22 bits per heavy atom. The summed E-state index contributed by atoms with van der Waals surface area (Å²) in [5.41, 5.74) is 1.41. The molecule has 1 aromatic carbocycles. The van der Waals surface area contributed by atoms with Crippen LogP contribution in [0.15, 0.2) is 67.4 Å². The number of nitrogens with zero attached hydrogens (tertiary/aromatic N) is 3. The van der Waals surface area contributed by atoms with E-state index in [0.717, 1.165) is 37.4 Å². The SMILES string of the molecule is C=C(Nc1cccnc1)NC1CCN(c2nccc(Oc3ccc(F)c(C)c3)c2Cl)CC1. The molecule has 3 heterocycles. The molecule has 1 aliphatic rings. The van der Waals surface area contributed by atoms with Gasteiger partial charge in [0.15, 0.2) is 11.6 Å². The van der Waals surface area contributed by atoms with Crippen LogP contribution in [0.3, 0.4) is 0 Å². The first-order chi connectivity index (χ1) is 15.5. The maximum absolute atomic E-state index is 13.5.